The third-order valence-corrected chi connectivity index (χ3v) is 8.54. The van der Waals surface area contributed by atoms with Crippen molar-refractivity contribution < 1.29 is 33.3 Å². The third kappa shape index (κ3) is 3.55. The molecule has 7 heteroatoms. The molecule has 0 amide bonds. The molecule has 2 saturated carbocycles. The molecule has 0 aromatic carbocycles. The minimum Gasteiger partial charge on any atom is -0.432 e. The van der Waals surface area contributed by atoms with Crippen LogP contribution in [0.4, 0.5) is 0 Å². The molecule has 2 aliphatic carbocycles. The number of esters is 1. The van der Waals surface area contributed by atoms with Crippen molar-refractivity contribution in [1.82, 2.24) is 0 Å². The number of methoxy groups -OCH3 is 1. The van der Waals surface area contributed by atoms with Crippen molar-refractivity contribution in [2.75, 3.05) is 13.7 Å². The van der Waals surface area contributed by atoms with Gasteiger partial charge in [0.1, 0.15) is 0 Å². The van der Waals surface area contributed by atoms with Crippen LogP contribution in [0.25, 0.3) is 0 Å². The summed E-state index contributed by atoms with van der Waals surface area (Å²) in [7, 11) is 1.55. The first-order valence-corrected chi connectivity index (χ1v) is 11.8. The molecule has 2 heterocycles. The minimum atomic E-state index is -1.34. The molecular weight excluding hydrogens is 424 g/mol. The fourth-order valence-electron chi connectivity index (χ4n) is 6.86. The number of ketones is 2. The van der Waals surface area contributed by atoms with E-state index in [9.17, 15) is 14.4 Å². The Morgan fingerprint density at radius 1 is 1.12 bits per heavy atom. The maximum absolute atomic E-state index is 14.3. The van der Waals surface area contributed by atoms with Crippen molar-refractivity contribution in [3.8, 4) is 0 Å². The SMILES string of the molecule is CO[C@@]12COC(C)(C)[C@@H]3CC[C@@](C)(C[C@@H]31)[C@@H](/C=C/OC(=O)C=C(C)C)[C@@]1(O[C@@H]1C(C)=O)C2=O. The van der Waals surface area contributed by atoms with Crippen molar-refractivity contribution in [2.45, 2.75) is 83.7 Å². The molecule has 0 unspecified atom stereocenters. The van der Waals surface area contributed by atoms with E-state index in [1.54, 1.807) is 13.2 Å². The molecular formula is C26H36O7. The molecule has 0 radical (unpaired) electrons. The number of carbonyl (C=O) groups is 3. The lowest BCUT2D eigenvalue weighted by Gasteiger charge is -2.56. The van der Waals surface area contributed by atoms with E-state index in [1.165, 1.54) is 19.3 Å². The van der Waals surface area contributed by atoms with Crippen molar-refractivity contribution in [1.29, 1.82) is 0 Å². The Bertz CT molecular complexity index is 929. The van der Waals surface area contributed by atoms with Gasteiger partial charge in [0.15, 0.2) is 23.1 Å². The second kappa shape index (κ2) is 7.85. The van der Waals surface area contributed by atoms with E-state index in [2.05, 4.69) is 20.8 Å². The molecule has 4 aliphatic rings. The lowest BCUT2D eigenvalue weighted by atomic mass is 9.55. The number of rotatable bonds is 5. The number of Topliss-reactive ketones (excluding diaryl/α,β-unsaturated/α-hetero) is 2. The van der Waals surface area contributed by atoms with E-state index < -0.39 is 29.2 Å². The summed E-state index contributed by atoms with van der Waals surface area (Å²) in [5, 5.41) is 0. The fraction of sp³-hybridized carbons (Fsp3) is 0.731. The third-order valence-electron chi connectivity index (χ3n) is 8.54. The van der Waals surface area contributed by atoms with Crippen LogP contribution in [0.3, 0.4) is 0 Å². The summed E-state index contributed by atoms with van der Waals surface area (Å²) in [6, 6.07) is 0. The maximum Gasteiger partial charge on any atom is 0.335 e. The van der Waals surface area contributed by atoms with Gasteiger partial charge in [-0.3, -0.25) is 9.59 Å². The van der Waals surface area contributed by atoms with Crippen molar-refractivity contribution in [3.05, 3.63) is 24.0 Å². The van der Waals surface area contributed by atoms with Crippen molar-refractivity contribution in [2.24, 2.45) is 23.2 Å². The molecule has 0 N–H and O–H groups in total. The van der Waals surface area contributed by atoms with Gasteiger partial charge in [0.25, 0.3) is 0 Å². The number of fused-ring (bicyclic) bond motifs is 1. The lowest BCUT2D eigenvalue weighted by Crippen LogP contribution is -2.65. The van der Waals surface area contributed by atoms with Crippen LogP contribution in [0, 0.1) is 23.2 Å². The number of epoxide rings is 1. The Morgan fingerprint density at radius 3 is 2.39 bits per heavy atom. The molecule has 0 aromatic rings. The Balaban J connectivity index is 1.80. The van der Waals surface area contributed by atoms with Gasteiger partial charge in [-0.15, -0.1) is 0 Å². The van der Waals surface area contributed by atoms with Crippen LogP contribution in [-0.2, 0) is 33.3 Å². The maximum atomic E-state index is 14.3. The van der Waals surface area contributed by atoms with E-state index in [4.69, 9.17) is 18.9 Å². The van der Waals surface area contributed by atoms with Crippen LogP contribution in [0.2, 0.25) is 0 Å². The van der Waals surface area contributed by atoms with Gasteiger partial charge >= 0.3 is 5.97 Å². The standard InChI is InChI=1S/C26H36O7/c1-15(2)12-20(28)31-11-9-19-24(6)10-8-17-18(13-24)25(30-7,14-32-23(17,4)5)22(29)26(19)21(33-26)16(3)27/h9,11-12,17-19,21H,8,10,13-14H2,1-7H3/b11-9+/t17-,18+,19-,21-,24+,25+,26+/m1/s1. The van der Waals surface area contributed by atoms with Gasteiger partial charge in [-0.25, -0.2) is 4.79 Å². The molecule has 4 fully saturated rings. The van der Waals surface area contributed by atoms with Crippen molar-refractivity contribution in [3.63, 3.8) is 0 Å². The van der Waals surface area contributed by atoms with E-state index in [-0.39, 0.29) is 41.0 Å². The first-order chi connectivity index (χ1) is 15.3. The number of ether oxygens (including phenoxy) is 4. The van der Waals surface area contributed by atoms with Crippen LogP contribution in [0.15, 0.2) is 24.0 Å². The van der Waals surface area contributed by atoms with Gasteiger partial charge in [-0.05, 0) is 71.3 Å². The highest BCUT2D eigenvalue weighted by Gasteiger charge is 2.79. The Labute approximate surface area is 195 Å². The largest absolute Gasteiger partial charge is 0.432 e. The van der Waals surface area contributed by atoms with Gasteiger partial charge in [0.2, 0.25) is 5.78 Å². The molecule has 2 saturated heterocycles. The molecule has 182 valence electrons. The zero-order chi connectivity index (χ0) is 24.4. The predicted molar refractivity (Wildman–Crippen MR) is 120 cm³/mol. The zero-order valence-corrected chi connectivity index (χ0v) is 20.7. The molecule has 4 rings (SSSR count). The summed E-state index contributed by atoms with van der Waals surface area (Å²) < 4.78 is 23.6. The Hall–Kier alpha value is -1.83. The molecule has 2 aliphatic heterocycles. The highest BCUT2D eigenvalue weighted by atomic mass is 16.6. The van der Waals surface area contributed by atoms with E-state index >= 15 is 0 Å². The van der Waals surface area contributed by atoms with Crippen LogP contribution >= 0.6 is 0 Å². The van der Waals surface area contributed by atoms with Gasteiger partial charge in [-0.2, -0.15) is 0 Å². The van der Waals surface area contributed by atoms with Crippen LogP contribution in [-0.4, -0.2) is 54.2 Å². The van der Waals surface area contributed by atoms with Gasteiger partial charge in [0, 0.05) is 25.0 Å². The highest BCUT2D eigenvalue weighted by molar-refractivity contribution is 6.05. The predicted octanol–water partition coefficient (Wildman–Crippen LogP) is 3.55. The monoisotopic (exact) mass is 460 g/mol. The molecule has 7 atom stereocenters. The first-order valence-electron chi connectivity index (χ1n) is 11.8. The topological polar surface area (TPSA) is 91.4 Å². The molecule has 33 heavy (non-hydrogen) atoms. The number of hydrogen-bond acceptors (Lipinski definition) is 7. The number of hydrogen-bond donors (Lipinski definition) is 0. The second-order valence-electron chi connectivity index (χ2n) is 11.3. The Morgan fingerprint density at radius 2 is 1.82 bits per heavy atom. The molecule has 0 aromatic heterocycles. The summed E-state index contributed by atoms with van der Waals surface area (Å²) >= 11 is 0. The van der Waals surface area contributed by atoms with E-state index in [1.807, 2.05) is 13.8 Å². The molecule has 7 nitrogen and oxygen atoms in total. The number of allylic oxidation sites excluding steroid dienone is 1. The van der Waals surface area contributed by atoms with Crippen LogP contribution in [0.1, 0.15) is 60.8 Å². The average molecular weight is 461 g/mol. The average Bonchev–Trinajstić information content (AvgIpc) is 3.47. The summed E-state index contributed by atoms with van der Waals surface area (Å²) in [5.74, 6) is -1.24. The molecule has 1 spiro atoms. The quantitative estimate of drug-likeness (QED) is 0.268. The van der Waals surface area contributed by atoms with Crippen molar-refractivity contribution >= 4 is 17.5 Å². The second-order valence-corrected chi connectivity index (χ2v) is 11.3. The van der Waals surface area contributed by atoms with Gasteiger partial charge in [-0.1, -0.05) is 12.5 Å². The minimum absolute atomic E-state index is 0.0576. The smallest absolute Gasteiger partial charge is 0.335 e. The Kier molecular flexibility index (Phi) is 5.78. The van der Waals surface area contributed by atoms with Crippen LogP contribution in [0.5, 0.6) is 0 Å². The summed E-state index contributed by atoms with van der Waals surface area (Å²) in [6.07, 6.45) is 6.11. The van der Waals surface area contributed by atoms with Crippen LogP contribution < -0.4 is 0 Å². The summed E-state index contributed by atoms with van der Waals surface area (Å²) in [4.78, 5) is 38.9. The lowest BCUT2D eigenvalue weighted by molar-refractivity contribution is -0.237. The van der Waals surface area contributed by atoms with E-state index in [0.717, 1.165) is 24.8 Å². The fourth-order valence-corrected chi connectivity index (χ4v) is 6.86. The normalized spacial score (nSPS) is 43.2. The first kappa shape index (κ1) is 24.3. The summed E-state index contributed by atoms with van der Waals surface area (Å²) in [5.41, 5.74) is -2.40. The number of carbonyl (C=O) groups excluding carboxylic acids is 3. The zero-order valence-electron chi connectivity index (χ0n) is 20.7. The molecule has 2 bridgehead atoms. The summed E-state index contributed by atoms with van der Waals surface area (Å²) in [6.45, 7) is 11.5. The van der Waals surface area contributed by atoms with Gasteiger partial charge < -0.3 is 18.9 Å². The highest BCUT2D eigenvalue weighted by Crippen LogP contribution is 2.66. The van der Waals surface area contributed by atoms with Gasteiger partial charge in [0.05, 0.1) is 18.5 Å². The van der Waals surface area contributed by atoms with E-state index in [0.29, 0.717) is 0 Å².